The second-order valence-corrected chi connectivity index (χ2v) is 4.59. The van der Waals surface area contributed by atoms with Gasteiger partial charge in [0, 0.05) is 17.2 Å². The summed E-state index contributed by atoms with van der Waals surface area (Å²) in [5, 5.41) is 7.57. The summed E-state index contributed by atoms with van der Waals surface area (Å²) >= 11 is 3.56. The van der Waals surface area contributed by atoms with Gasteiger partial charge in [-0.3, -0.25) is 0 Å². The third-order valence-electron chi connectivity index (χ3n) is 2.35. The molecule has 3 nitrogen and oxygen atoms in total. The second kappa shape index (κ2) is 4.80. The van der Waals surface area contributed by atoms with Crippen LogP contribution >= 0.6 is 15.9 Å². The molecule has 0 saturated carbocycles. The summed E-state index contributed by atoms with van der Waals surface area (Å²) in [5.74, 6) is 0. The lowest BCUT2D eigenvalue weighted by Crippen LogP contribution is -2.06. The van der Waals surface area contributed by atoms with E-state index in [9.17, 15) is 0 Å². The van der Waals surface area contributed by atoms with Crippen molar-refractivity contribution in [3.63, 3.8) is 0 Å². The van der Waals surface area contributed by atoms with Gasteiger partial charge in [0.15, 0.2) is 0 Å². The summed E-state index contributed by atoms with van der Waals surface area (Å²) in [6.07, 6.45) is 1.97. The highest BCUT2D eigenvalue weighted by Crippen LogP contribution is 2.21. The molecule has 1 aromatic heterocycles. The first kappa shape index (κ1) is 11.4. The standard InChI is InChI=1S/C12H14BrN3/c1-9-3-4-12(11(13)7-9)16-6-5-10(15-16)8-14-2/h3-7,14H,8H2,1-2H3. The van der Waals surface area contributed by atoms with Crippen molar-refractivity contribution in [2.24, 2.45) is 0 Å². The average Bonchev–Trinajstić information content (AvgIpc) is 2.67. The van der Waals surface area contributed by atoms with E-state index in [1.54, 1.807) is 0 Å². The van der Waals surface area contributed by atoms with E-state index in [1.807, 2.05) is 24.0 Å². The van der Waals surface area contributed by atoms with Crippen LogP contribution in [-0.2, 0) is 6.54 Å². The van der Waals surface area contributed by atoms with Crippen LogP contribution in [0, 0.1) is 6.92 Å². The van der Waals surface area contributed by atoms with Crippen LogP contribution in [-0.4, -0.2) is 16.8 Å². The third kappa shape index (κ3) is 2.33. The molecule has 0 spiro atoms. The Morgan fingerprint density at radius 2 is 2.19 bits per heavy atom. The SMILES string of the molecule is CNCc1ccn(-c2ccc(C)cc2Br)n1. The topological polar surface area (TPSA) is 29.9 Å². The van der Waals surface area contributed by atoms with Gasteiger partial charge in [-0.05, 0) is 53.7 Å². The predicted molar refractivity (Wildman–Crippen MR) is 68.8 cm³/mol. The molecule has 1 aromatic carbocycles. The van der Waals surface area contributed by atoms with Crippen molar-refractivity contribution in [2.75, 3.05) is 7.05 Å². The number of nitrogens with one attached hydrogen (secondary N) is 1. The molecule has 0 bridgehead atoms. The fourth-order valence-electron chi connectivity index (χ4n) is 1.57. The highest BCUT2D eigenvalue weighted by molar-refractivity contribution is 9.10. The lowest BCUT2D eigenvalue weighted by Gasteiger charge is -2.05. The van der Waals surface area contributed by atoms with Gasteiger partial charge < -0.3 is 5.32 Å². The van der Waals surface area contributed by atoms with Gasteiger partial charge in [0.1, 0.15) is 0 Å². The van der Waals surface area contributed by atoms with Gasteiger partial charge in [-0.15, -0.1) is 0 Å². The first-order valence-electron chi connectivity index (χ1n) is 5.16. The zero-order valence-corrected chi connectivity index (χ0v) is 11.0. The van der Waals surface area contributed by atoms with Crippen molar-refractivity contribution in [3.05, 3.63) is 46.2 Å². The van der Waals surface area contributed by atoms with Gasteiger partial charge in [-0.25, -0.2) is 4.68 Å². The molecule has 0 aliphatic carbocycles. The molecule has 0 radical (unpaired) electrons. The second-order valence-electron chi connectivity index (χ2n) is 3.74. The Labute approximate surface area is 104 Å². The summed E-state index contributed by atoms with van der Waals surface area (Å²) in [6, 6.07) is 8.26. The van der Waals surface area contributed by atoms with E-state index in [4.69, 9.17) is 0 Å². The quantitative estimate of drug-likeness (QED) is 0.936. The first-order valence-corrected chi connectivity index (χ1v) is 5.95. The first-order chi connectivity index (χ1) is 7.70. The van der Waals surface area contributed by atoms with E-state index in [1.165, 1.54) is 5.56 Å². The Kier molecular flexibility index (Phi) is 3.41. The van der Waals surface area contributed by atoms with Crippen LogP contribution < -0.4 is 5.32 Å². The number of aryl methyl sites for hydroxylation is 1. The zero-order chi connectivity index (χ0) is 11.5. The lowest BCUT2D eigenvalue weighted by atomic mass is 10.2. The van der Waals surface area contributed by atoms with Gasteiger partial charge in [-0.2, -0.15) is 5.10 Å². The van der Waals surface area contributed by atoms with Crippen LogP contribution in [0.4, 0.5) is 0 Å². The largest absolute Gasteiger partial charge is 0.314 e. The van der Waals surface area contributed by atoms with Crippen molar-refractivity contribution >= 4 is 15.9 Å². The molecule has 0 aliphatic heterocycles. The van der Waals surface area contributed by atoms with Crippen LogP contribution in [0.1, 0.15) is 11.3 Å². The molecule has 84 valence electrons. The van der Waals surface area contributed by atoms with Crippen LogP contribution in [0.2, 0.25) is 0 Å². The maximum absolute atomic E-state index is 4.48. The molecule has 1 N–H and O–H groups in total. The van der Waals surface area contributed by atoms with Crippen molar-refractivity contribution in [2.45, 2.75) is 13.5 Å². The summed E-state index contributed by atoms with van der Waals surface area (Å²) in [6.45, 7) is 2.86. The summed E-state index contributed by atoms with van der Waals surface area (Å²) < 4.78 is 2.95. The van der Waals surface area contributed by atoms with Crippen molar-refractivity contribution in [3.8, 4) is 5.69 Å². The number of hydrogen-bond donors (Lipinski definition) is 1. The third-order valence-corrected chi connectivity index (χ3v) is 2.99. The van der Waals surface area contributed by atoms with Gasteiger partial charge in [0.05, 0.1) is 11.4 Å². The number of halogens is 1. The van der Waals surface area contributed by atoms with Gasteiger partial charge in [0.2, 0.25) is 0 Å². The highest BCUT2D eigenvalue weighted by atomic mass is 79.9. The number of nitrogens with zero attached hydrogens (tertiary/aromatic N) is 2. The average molecular weight is 280 g/mol. The molecule has 1 heterocycles. The van der Waals surface area contributed by atoms with Gasteiger partial charge >= 0.3 is 0 Å². The van der Waals surface area contributed by atoms with Gasteiger partial charge in [-0.1, -0.05) is 6.07 Å². The minimum atomic E-state index is 0.788. The molecule has 2 aromatic rings. The molecule has 2 rings (SSSR count). The normalized spacial score (nSPS) is 10.7. The fraction of sp³-hybridized carbons (Fsp3) is 0.250. The van der Waals surface area contributed by atoms with E-state index < -0.39 is 0 Å². The molecular formula is C12H14BrN3. The van der Waals surface area contributed by atoms with Crippen molar-refractivity contribution in [1.29, 1.82) is 0 Å². The summed E-state index contributed by atoms with van der Waals surface area (Å²) in [7, 11) is 1.92. The molecule has 4 heteroatoms. The van der Waals surface area contributed by atoms with Crippen LogP contribution in [0.3, 0.4) is 0 Å². The van der Waals surface area contributed by atoms with Crippen molar-refractivity contribution < 1.29 is 0 Å². The monoisotopic (exact) mass is 279 g/mol. The van der Waals surface area contributed by atoms with Crippen LogP contribution in [0.5, 0.6) is 0 Å². The highest BCUT2D eigenvalue weighted by Gasteiger charge is 2.04. The van der Waals surface area contributed by atoms with Crippen LogP contribution in [0.15, 0.2) is 34.9 Å². The van der Waals surface area contributed by atoms with Crippen molar-refractivity contribution in [1.82, 2.24) is 15.1 Å². The summed E-state index contributed by atoms with van der Waals surface area (Å²) in [5.41, 5.74) is 3.33. The van der Waals surface area contributed by atoms with Gasteiger partial charge in [0.25, 0.3) is 0 Å². The molecule has 0 fully saturated rings. The van der Waals surface area contributed by atoms with E-state index in [-0.39, 0.29) is 0 Å². The molecule has 16 heavy (non-hydrogen) atoms. The molecule has 0 saturated heterocycles. The Bertz CT molecular complexity index is 491. The smallest absolute Gasteiger partial charge is 0.0787 e. The Balaban J connectivity index is 2.35. The maximum Gasteiger partial charge on any atom is 0.0787 e. The Morgan fingerprint density at radius 1 is 1.38 bits per heavy atom. The molecule has 0 unspecified atom stereocenters. The number of rotatable bonds is 3. The molecule has 0 amide bonds. The molecular weight excluding hydrogens is 266 g/mol. The number of benzene rings is 1. The molecule has 0 aliphatic rings. The number of aromatic nitrogens is 2. The fourth-order valence-corrected chi connectivity index (χ4v) is 2.24. The maximum atomic E-state index is 4.48. The summed E-state index contributed by atoms with van der Waals surface area (Å²) in [4.78, 5) is 0. The van der Waals surface area contributed by atoms with E-state index in [0.29, 0.717) is 0 Å². The minimum Gasteiger partial charge on any atom is -0.314 e. The van der Waals surface area contributed by atoms with E-state index in [0.717, 1.165) is 22.4 Å². The van der Waals surface area contributed by atoms with Crippen LogP contribution in [0.25, 0.3) is 5.69 Å². The Hall–Kier alpha value is -1.13. The Morgan fingerprint density at radius 3 is 2.88 bits per heavy atom. The van der Waals surface area contributed by atoms with E-state index in [2.05, 4.69) is 51.5 Å². The minimum absolute atomic E-state index is 0.788. The van der Waals surface area contributed by atoms with E-state index >= 15 is 0 Å². The predicted octanol–water partition coefficient (Wildman–Crippen LogP) is 2.66. The molecule has 0 atom stereocenters. The zero-order valence-electron chi connectivity index (χ0n) is 9.37. The lowest BCUT2D eigenvalue weighted by molar-refractivity contribution is 0.756. The number of hydrogen-bond acceptors (Lipinski definition) is 2.